The van der Waals surface area contributed by atoms with E-state index in [0.717, 1.165) is 23.5 Å². The third kappa shape index (κ3) is 3.82. The lowest BCUT2D eigenvalue weighted by molar-refractivity contribution is -0.117. The van der Waals surface area contributed by atoms with Gasteiger partial charge in [-0.05, 0) is 31.2 Å². The van der Waals surface area contributed by atoms with E-state index in [0.29, 0.717) is 24.3 Å². The highest BCUT2D eigenvalue weighted by Gasteiger charge is 2.32. The number of hydrogen-bond acceptors (Lipinski definition) is 5. The molecule has 2 heterocycles. The lowest BCUT2D eigenvalue weighted by Gasteiger charge is -2.37. The van der Waals surface area contributed by atoms with Crippen molar-refractivity contribution in [1.82, 2.24) is 10.2 Å². The van der Waals surface area contributed by atoms with Gasteiger partial charge >= 0.3 is 0 Å². The number of piperazine rings is 1. The van der Waals surface area contributed by atoms with Gasteiger partial charge in [-0.1, -0.05) is 18.2 Å². The van der Waals surface area contributed by atoms with Gasteiger partial charge in [-0.25, -0.2) is 0 Å². The summed E-state index contributed by atoms with van der Waals surface area (Å²) in [5.74, 6) is 0.645. The third-order valence-electron chi connectivity index (χ3n) is 5.84. The summed E-state index contributed by atoms with van der Waals surface area (Å²) < 4.78 is 5.52. The number of carbonyl (C=O) groups is 2. The van der Waals surface area contributed by atoms with E-state index < -0.39 is 0 Å². The van der Waals surface area contributed by atoms with E-state index >= 15 is 0 Å². The minimum Gasteiger partial charge on any atom is -0.496 e. The molecule has 0 bridgehead atoms. The zero-order chi connectivity index (χ0) is 20.5. The van der Waals surface area contributed by atoms with Gasteiger partial charge in [0.2, 0.25) is 5.91 Å². The van der Waals surface area contributed by atoms with Crippen LogP contribution in [-0.4, -0.2) is 56.5 Å². The number of carbonyl (C=O) groups excluding carboxylic acids is 2. The van der Waals surface area contributed by atoms with E-state index in [4.69, 9.17) is 4.74 Å². The van der Waals surface area contributed by atoms with Crippen LogP contribution in [0.5, 0.6) is 5.75 Å². The molecule has 2 atom stereocenters. The first-order chi connectivity index (χ1) is 14.0. The van der Waals surface area contributed by atoms with Gasteiger partial charge < -0.3 is 25.2 Å². The zero-order valence-electron chi connectivity index (χ0n) is 17.3. The standard InChI is InChI=1S/C22H26N4O3.ClH/c1-14-21(27)24-17-12-15(8-9-18(17)25(14)2)22(28)26-11-10-23-13-19(26)16-6-4-5-7-20(16)29-3;/h4-9,12,14,19,23H,10-11,13H2,1-3H3,(H,24,27);1H. The van der Waals surface area contributed by atoms with E-state index in [1.165, 1.54) is 0 Å². The number of amides is 2. The molecule has 2 aromatic carbocycles. The van der Waals surface area contributed by atoms with Crippen molar-refractivity contribution in [2.24, 2.45) is 0 Å². The van der Waals surface area contributed by atoms with Gasteiger partial charge in [0.25, 0.3) is 5.91 Å². The number of halogens is 1. The molecule has 2 unspecified atom stereocenters. The van der Waals surface area contributed by atoms with Crippen molar-refractivity contribution in [3.8, 4) is 5.75 Å². The summed E-state index contributed by atoms with van der Waals surface area (Å²) in [4.78, 5) is 29.4. The molecule has 7 nitrogen and oxygen atoms in total. The Morgan fingerprint density at radius 2 is 1.97 bits per heavy atom. The first-order valence-electron chi connectivity index (χ1n) is 9.83. The minimum absolute atomic E-state index is 0. The number of benzene rings is 2. The molecule has 1 fully saturated rings. The molecule has 0 spiro atoms. The molecule has 0 saturated carbocycles. The number of rotatable bonds is 3. The lowest BCUT2D eigenvalue weighted by atomic mass is 10.00. The van der Waals surface area contributed by atoms with Crippen LogP contribution in [0.4, 0.5) is 11.4 Å². The molecule has 1 saturated heterocycles. The van der Waals surface area contributed by atoms with E-state index in [1.54, 1.807) is 13.2 Å². The summed E-state index contributed by atoms with van der Waals surface area (Å²) in [6.07, 6.45) is 0. The number of ether oxygens (including phenoxy) is 1. The number of methoxy groups -OCH3 is 1. The Bertz CT molecular complexity index is 952. The average Bonchev–Trinajstić information content (AvgIpc) is 2.76. The number of likely N-dealkylation sites (N-methyl/N-ethyl adjacent to an activating group) is 1. The Hall–Kier alpha value is -2.77. The molecule has 2 N–H and O–H groups in total. The van der Waals surface area contributed by atoms with E-state index in [2.05, 4.69) is 10.6 Å². The Morgan fingerprint density at radius 3 is 2.73 bits per heavy atom. The summed E-state index contributed by atoms with van der Waals surface area (Å²) in [5.41, 5.74) is 3.13. The zero-order valence-corrected chi connectivity index (χ0v) is 18.2. The fourth-order valence-electron chi connectivity index (χ4n) is 4.03. The summed E-state index contributed by atoms with van der Waals surface area (Å²) in [6.45, 7) is 3.85. The Labute approximate surface area is 182 Å². The van der Waals surface area contributed by atoms with Crippen LogP contribution < -0.4 is 20.3 Å². The van der Waals surface area contributed by atoms with Crippen LogP contribution in [0.15, 0.2) is 42.5 Å². The number of fused-ring (bicyclic) bond motifs is 1. The largest absolute Gasteiger partial charge is 0.496 e. The molecule has 8 heteroatoms. The van der Waals surface area contributed by atoms with Crippen molar-refractivity contribution in [2.45, 2.75) is 19.0 Å². The predicted octanol–water partition coefficient (Wildman–Crippen LogP) is 2.68. The first-order valence-corrected chi connectivity index (χ1v) is 9.83. The van der Waals surface area contributed by atoms with Crippen molar-refractivity contribution in [1.29, 1.82) is 0 Å². The van der Waals surface area contributed by atoms with Crippen molar-refractivity contribution in [3.63, 3.8) is 0 Å². The maximum atomic E-state index is 13.4. The van der Waals surface area contributed by atoms with Crippen molar-refractivity contribution < 1.29 is 14.3 Å². The van der Waals surface area contributed by atoms with Gasteiger partial charge in [-0.3, -0.25) is 9.59 Å². The van der Waals surface area contributed by atoms with Crippen LogP contribution in [0, 0.1) is 0 Å². The highest BCUT2D eigenvalue weighted by atomic mass is 35.5. The molecule has 4 rings (SSSR count). The highest BCUT2D eigenvalue weighted by molar-refractivity contribution is 6.05. The first kappa shape index (κ1) is 21.9. The van der Waals surface area contributed by atoms with Crippen LogP contribution in [0.2, 0.25) is 0 Å². The van der Waals surface area contributed by atoms with Gasteiger partial charge in [0.1, 0.15) is 11.8 Å². The molecular formula is C22H27ClN4O3. The summed E-state index contributed by atoms with van der Waals surface area (Å²) in [7, 11) is 3.53. The Kier molecular flexibility index (Phi) is 6.53. The summed E-state index contributed by atoms with van der Waals surface area (Å²) >= 11 is 0. The number of nitrogens with one attached hydrogen (secondary N) is 2. The van der Waals surface area contributed by atoms with Gasteiger partial charge in [0.05, 0.1) is 24.5 Å². The topological polar surface area (TPSA) is 73.9 Å². The van der Waals surface area contributed by atoms with Crippen molar-refractivity contribution in [3.05, 3.63) is 53.6 Å². The van der Waals surface area contributed by atoms with Gasteiger partial charge in [-0.2, -0.15) is 0 Å². The van der Waals surface area contributed by atoms with Crippen molar-refractivity contribution in [2.75, 3.05) is 44.0 Å². The summed E-state index contributed by atoms with van der Waals surface area (Å²) in [5, 5.41) is 6.29. The second-order valence-corrected chi connectivity index (χ2v) is 7.47. The monoisotopic (exact) mass is 430 g/mol. The molecule has 2 aliphatic heterocycles. The highest BCUT2D eigenvalue weighted by Crippen LogP contribution is 2.34. The second kappa shape index (κ2) is 8.93. The van der Waals surface area contributed by atoms with Gasteiger partial charge in [0, 0.05) is 37.8 Å². The molecule has 2 amide bonds. The normalized spacial score (nSPS) is 20.7. The van der Waals surface area contributed by atoms with Crippen LogP contribution >= 0.6 is 12.4 Å². The lowest BCUT2D eigenvalue weighted by Crippen LogP contribution is -2.49. The second-order valence-electron chi connectivity index (χ2n) is 7.47. The number of anilines is 2. The maximum Gasteiger partial charge on any atom is 0.254 e. The number of hydrogen-bond donors (Lipinski definition) is 2. The Morgan fingerprint density at radius 1 is 1.20 bits per heavy atom. The number of para-hydroxylation sites is 1. The molecule has 30 heavy (non-hydrogen) atoms. The quantitative estimate of drug-likeness (QED) is 0.783. The van der Waals surface area contributed by atoms with E-state index in [-0.39, 0.29) is 36.3 Å². The number of nitrogens with zero attached hydrogens (tertiary/aromatic N) is 2. The van der Waals surface area contributed by atoms with E-state index in [1.807, 2.05) is 60.2 Å². The van der Waals surface area contributed by atoms with Gasteiger partial charge in [0.15, 0.2) is 0 Å². The smallest absolute Gasteiger partial charge is 0.254 e. The van der Waals surface area contributed by atoms with Gasteiger partial charge in [-0.15, -0.1) is 12.4 Å². The molecule has 2 aromatic rings. The SMILES string of the molecule is COc1ccccc1C1CNCCN1C(=O)c1ccc2c(c1)NC(=O)C(C)N2C.Cl. The van der Waals surface area contributed by atoms with Crippen molar-refractivity contribution >= 4 is 35.6 Å². The summed E-state index contributed by atoms with van der Waals surface area (Å²) in [6, 6.07) is 12.9. The molecule has 2 aliphatic rings. The third-order valence-corrected chi connectivity index (χ3v) is 5.84. The molecule has 160 valence electrons. The van der Waals surface area contributed by atoms with Crippen LogP contribution in [-0.2, 0) is 4.79 Å². The minimum atomic E-state index is -0.243. The maximum absolute atomic E-state index is 13.4. The fraction of sp³-hybridized carbons (Fsp3) is 0.364. The molecule has 0 radical (unpaired) electrons. The molecule has 0 aromatic heterocycles. The fourth-order valence-corrected chi connectivity index (χ4v) is 4.03. The molecule has 0 aliphatic carbocycles. The van der Waals surface area contributed by atoms with Crippen LogP contribution in [0.25, 0.3) is 0 Å². The van der Waals surface area contributed by atoms with Crippen LogP contribution in [0.1, 0.15) is 28.9 Å². The average molecular weight is 431 g/mol. The predicted molar refractivity (Wildman–Crippen MR) is 120 cm³/mol. The van der Waals surface area contributed by atoms with Crippen LogP contribution in [0.3, 0.4) is 0 Å². The van der Waals surface area contributed by atoms with E-state index in [9.17, 15) is 9.59 Å². The molecular weight excluding hydrogens is 404 g/mol. The Balaban J connectivity index is 0.00000256.